The minimum atomic E-state index is -0.448. The summed E-state index contributed by atoms with van der Waals surface area (Å²) in [5.74, 6) is 0. The molecule has 4 nitrogen and oxygen atoms in total. The minimum absolute atomic E-state index is 0.282. The summed E-state index contributed by atoms with van der Waals surface area (Å²) in [6.07, 6.45) is 2.14. The van der Waals surface area contributed by atoms with E-state index in [1.807, 2.05) is 0 Å². The topological polar surface area (TPSA) is 61.7 Å². The Bertz CT molecular complexity index is 131. The van der Waals surface area contributed by atoms with Crippen molar-refractivity contribution in [2.45, 2.75) is 45.3 Å². The molecule has 0 amide bonds. The average molecular weight is 219 g/mol. The highest BCUT2D eigenvalue weighted by Crippen LogP contribution is 1.91. The number of nitrogens with one attached hydrogen (secondary N) is 1. The number of aliphatic hydroxyl groups excluding tert-OH is 2. The summed E-state index contributed by atoms with van der Waals surface area (Å²) in [4.78, 5) is 0. The molecule has 0 aliphatic carbocycles. The van der Waals surface area contributed by atoms with Crippen LogP contribution in [0.5, 0.6) is 0 Å². The maximum Gasteiger partial charge on any atom is 0.0897 e. The molecule has 2 unspecified atom stereocenters. The van der Waals surface area contributed by atoms with Gasteiger partial charge in [0.05, 0.1) is 18.8 Å². The summed E-state index contributed by atoms with van der Waals surface area (Å²) in [6.45, 7) is 6.23. The summed E-state index contributed by atoms with van der Waals surface area (Å²) < 4.78 is 5.27. The summed E-state index contributed by atoms with van der Waals surface area (Å²) in [6, 6.07) is 0. The lowest BCUT2D eigenvalue weighted by molar-refractivity contribution is 0.0356. The third kappa shape index (κ3) is 11.8. The molecule has 4 heteroatoms. The molecule has 15 heavy (non-hydrogen) atoms. The van der Waals surface area contributed by atoms with Crippen LogP contribution in [0.3, 0.4) is 0 Å². The minimum Gasteiger partial charge on any atom is -0.393 e. The van der Waals surface area contributed by atoms with Crippen LogP contribution in [0.15, 0.2) is 0 Å². The summed E-state index contributed by atoms with van der Waals surface area (Å²) >= 11 is 0. The van der Waals surface area contributed by atoms with Gasteiger partial charge < -0.3 is 20.3 Å². The van der Waals surface area contributed by atoms with Crippen molar-refractivity contribution >= 4 is 0 Å². The van der Waals surface area contributed by atoms with E-state index in [0.29, 0.717) is 19.6 Å². The van der Waals surface area contributed by atoms with E-state index in [2.05, 4.69) is 12.2 Å². The standard InChI is InChI=1S/C11H25NO3/c1-3-4-7-15-9-11(14)8-12-6-5-10(2)13/h10-14H,3-9H2,1-2H3. The molecule has 0 aliphatic rings. The lowest BCUT2D eigenvalue weighted by Crippen LogP contribution is -2.32. The van der Waals surface area contributed by atoms with Gasteiger partial charge in [-0.2, -0.15) is 0 Å². The largest absolute Gasteiger partial charge is 0.393 e. The number of aliphatic hydroxyl groups is 2. The Kier molecular flexibility index (Phi) is 10.3. The monoisotopic (exact) mass is 219 g/mol. The highest BCUT2D eigenvalue weighted by atomic mass is 16.5. The molecule has 0 heterocycles. The van der Waals surface area contributed by atoms with Gasteiger partial charge in [0.2, 0.25) is 0 Å². The molecule has 0 aromatic heterocycles. The first kappa shape index (κ1) is 14.8. The molecule has 0 aromatic carbocycles. The van der Waals surface area contributed by atoms with Gasteiger partial charge in [-0.3, -0.25) is 0 Å². The molecule has 0 bridgehead atoms. The van der Waals surface area contributed by atoms with Gasteiger partial charge in [-0.25, -0.2) is 0 Å². The van der Waals surface area contributed by atoms with Gasteiger partial charge in [-0.1, -0.05) is 13.3 Å². The van der Waals surface area contributed by atoms with Crippen molar-refractivity contribution in [1.29, 1.82) is 0 Å². The first-order valence-corrected chi connectivity index (χ1v) is 5.81. The van der Waals surface area contributed by atoms with E-state index >= 15 is 0 Å². The molecule has 2 atom stereocenters. The number of hydrogen-bond acceptors (Lipinski definition) is 4. The second-order valence-corrected chi connectivity index (χ2v) is 3.92. The quantitative estimate of drug-likeness (QED) is 0.469. The van der Waals surface area contributed by atoms with Gasteiger partial charge in [0, 0.05) is 13.2 Å². The Morgan fingerprint density at radius 2 is 2.07 bits per heavy atom. The zero-order valence-electron chi connectivity index (χ0n) is 9.91. The molecule has 0 rings (SSSR count). The van der Waals surface area contributed by atoms with E-state index in [0.717, 1.165) is 26.0 Å². The fraction of sp³-hybridized carbons (Fsp3) is 1.00. The van der Waals surface area contributed by atoms with Crippen molar-refractivity contribution in [3.05, 3.63) is 0 Å². The Morgan fingerprint density at radius 3 is 2.67 bits per heavy atom. The van der Waals surface area contributed by atoms with Gasteiger partial charge in [0.1, 0.15) is 0 Å². The zero-order valence-corrected chi connectivity index (χ0v) is 9.91. The van der Waals surface area contributed by atoms with E-state index in [4.69, 9.17) is 9.84 Å². The van der Waals surface area contributed by atoms with E-state index in [-0.39, 0.29) is 6.10 Å². The number of rotatable bonds is 10. The predicted molar refractivity (Wildman–Crippen MR) is 60.9 cm³/mol. The molecule has 3 N–H and O–H groups in total. The van der Waals surface area contributed by atoms with Crippen LogP contribution in [0.25, 0.3) is 0 Å². The normalized spacial score (nSPS) is 15.2. The molecule has 0 spiro atoms. The maximum absolute atomic E-state index is 9.46. The van der Waals surface area contributed by atoms with Crippen LogP contribution in [0.2, 0.25) is 0 Å². The molecule has 92 valence electrons. The SMILES string of the molecule is CCCCOCC(O)CNCCC(C)O. The summed E-state index contributed by atoms with van der Waals surface area (Å²) in [5, 5.41) is 21.5. The molecule has 0 saturated carbocycles. The van der Waals surface area contributed by atoms with Crippen molar-refractivity contribution in [3.8, 4) is 0 Å². The smallest absolute Gasteiger partial charge is 0.0897 e. The van der Waals surface area contributed by atoms with E-state index in [1.54, 1.807) is 6.92 Å². The molecule has 0 saturated heterocycles. The molecule has 0 radical (unpaired) electrons. The molecule has 0 aromatic rings. The first-order chi connectivity index (χ1) is 7.16. The number of unbranched alkanes of at least 4 members (excludes halogenated alkanes) is 1. The Labute approximate surface area is 92.6 Å². The lowest BCUT2D eigenvalue weighted by Gasteiger charge is -2.12. The third-order valence-electron chi connectivity index (χ3n) is 2.07. The summed E-state index contributed by atoms with van der Waals surface area (Å²) in [5.41, 5.74) is 0. The van der Waals surface area contributed by atoms with Crippen molar-refractivity contribution < 1.29 is 14.9 Å². The number of ether oxygens (including phenoxy) is 1. The van der Waals surface area contributed by atoms with Crippen LogP contribution in [-0.4, -0.2) is 48.7 Å². The van der Waals surface area contributed by atoms with Crippen LogP contribution < -0.4 is 5.32 Å². The molecule has 0 fully saturated rings. The Morgan fingerprint density at radius 1 is 1.33 bits per heavy atom. The van der Waals surface area contributed by atoms with E-state index < -0.39 is 6.10 Å². The van der Waals surface area contributed by atoms with Crippen LogP contribution in [0.4, 0.5) is 0 Å². The first-order valence-electron chi connectivity index (χ1n) is 5.81. The van der Waals surface area contributed by atoms with Crippen molar-refractivity contribution in [3.63, 3.8) is 0 Å². The Hall–Kier alpha value is -0.160. The van der Waals surface area contributed by atoms with Crippen molar-refractivity contribution in [1.82, 2.24) is 5.32 Å². The van der Waals surface area contributed by atoms with Crippen LogP contribution in [0.1, 0.15) is 33.1 Å². The highest BCUT2D eigenvalue weighted by Gasteiger charge is 2.03. The molecular weight excluding hydrogens is 194 g/mol. The zero-order chi connectivity index (χ0) is 11.5. The van der Waals surface area contributed by atoms with Gasteiger partial charge in [-0.15, -0.1) is 0 Å². The summed E-state index contributed by atoms with van der Waals surface area (Å²) in [7, 11) is 0. The van der Waals surface area contributed by atoms with Gasteiger partial charge in [-0.05, 0) is 26.3 Å². The van der Waals surface area contributed by atoms with Crippen LogP contribution in [0, 0.1) is 0 Å². The van der Waals surface area contributed by atoms with E-state index in [9.17, 15) is 5.11 Å². The van der Waals surface area contributed by atoms with Crippen LogP contribution in [-0.2, 0) is 4.74 Å². The fourth-order valence-electron chi connectivity index (χ4n) is 1.10. The van der Waals surface area contributed by atoms with Crippen LogP contribution >= 0.6 is 0 Å². The van der Waals surface area contributed by atoms with Crippen molar-refractivity contribution in [2.24, 2.45) is 0 Å². The Balaban J connectivity index is 3.15. The number of hydrogen-bond donors (Lipinski definition) is 3. The molecule has 0 aliphatic heterocycles. The van der Waals surface area contributed by atoms with Gasteiger partial charge in [0.15, 0.2) is 0 Å². The van der Waals surface area contributed by atoms with Crippen molar-refractivity contribution in [2.75, 3.05) is 26.3 Å². The average Bonchev–Trinajstić information content (AvgIpc) is 2.19. The van der Waals surface area contributed by atoms with Gasteiger partial charge in [0.25, 0.3) is 0 Å². The van der Waals surface area contributed by atoms with Gasteiger partial charge >= 0.3 is 0 Å². The highest BCUT2D eigenvalue weighted by molar-refractivity contribution is 4.59. The fourth-order valence-corrected chi connectivity index (χ4v) is 1.10. The second-order valence-electron chi connectivity index (χ2n) is 3.92. The predicted octanol–water partition coefficient (Wildman–Crippen LogP) is 0.524. The lowest BCUT2D eigenvalue weighted by atomic mass is 10.3. The third-order valence-corrected chi connectivity index (χ3v) is 2.07. The molecular formula is C11H25NO3. The maximum atomic E-state index is 9.46. The second kappa shape index (κ2) is 10.4. The van der Waals surface area contributed by atoms with E-state index in [1.165, 1.54) is 0 Å².